The lowest BCUT2D eigenvalue weighted by atomic mass is 9.98. The van der Waals surface area contributed by atoms with Crippen molar-refractivity contribution in [1.82, 2.24) is 20.4 Å². The number of carbonyl (C=O) groups excluding carboxylic acids is 1. The summed E-state index contributed by atoms with van der Waals surface area (Å²) in [5, 5.41) is 7.01. The molecule has 0 aliphatic carbocycles. The highest BCUT2D eigenvalue weighted by atomic mass is 16.6. The molecule has 1 amide bonds. The third-order valence-corrected chi connectivity index (χ3v) is 5.49. The van der Waals surface area contributed by atoms with Gasteiger partial charge < -0.3 is 20.3 Å². The number of amides is 1. The first-order valence-electron chi connectivity index (χ1n) is 10.1. The van der Waals surface area contributed by atoms with Crippen molar-refractivity contribution in [1.29, 1.82) is 0 Å². The maximum Gasteiger partial charge on any atom is 0.409 e. The lowest BCUT2D eigenvalue weighted by molar-refractivity contribution is 0.0951. The molecule has 2 aliphatic heterocycles. The quantitative estimate of drug-likeness (QED) is 0.575. The van der Waals surface area contributed by atoms with Gasteiger partial charge in [0.05, 0.1) is 6.61 Å². The standard InChI is InChI=1S/C19H37N5O2/c1-5-26-18(25)23-13-9-16(10-14-23)22-17(20-4)21-15-19(2,3)24-11-7-6-8-12-24/h16H,5-15H2,1-4H3,(H2,20,21,22). The van der Waals surface area contributed by atoms with E-state index in [0.717, 1.165) is 38.4 Å². The van der Waals surface area contributed by atoms with Crippen LogP contribution in [0.25, 0.3) is 0 Å². The summed E-state index contributed by atoms with van der Waals surface area (Å²) in [6.07, 6.45) is 5.58. The third kappa shape index (κ3) is 6.04. The first-order valence-corrected chi connectivity index (χ1v) is 10.1. The number of rotatable bonds is 5. The average molecular weight is 368 g/mol. The van der Waals surface area contributed by atoms with Gasteiger partial charge in [-0.05, 0) is 59.5 Å². The van der Waals surface area contributed by atoms with Crippen molar-refractivity contribution in [3.63, 3.8) is 0 Å². The van der Waals surface area contributed by atoms with Gasteiger partial charge in [0.2, 0.25) is 0 Å². The lowest BCUT2D eigenvalue weighted by Crippen LogP contribution is -2.56. The molecule has 2 aliphatic rings. The van der Waals surface area contributed by atoms with Crippen LogP contribution in [-0.2, 0) is 4.74 Å². The highest BCUT2D eigenvalue weighted by Crippen LogP contribution is 2.19. The van der Waals surface area contributed by atoms with Gasteiger partial charge in [0, 0.05) is 38.3 Å². The first-order chi connectivity index (χ1) is 12.5. The molecule has 0 saturated carbocycles. The Bertz CT molecular complexity index is 467. The van der Waals surface area contributed by atoms with Gasteiger partial charge in [-0.1, -0.05) is 6.42 Å². The summed E-state index contributed by atoms with van der Waals surface area (Å²) in [6.45, 7) is 11.6. The molecule has 0 spiro atoms. The summed E-state index contributed by atoms with van der Waals surface area (Å²) in [5.41, 5.74) is 0.116. The number of aliphatic imine (C=N–C) groups is 1. The highest BCUT2D eigenvalue weighted by molar-refractivity contribution is 5.80. The zero-order valence-corrected chi connectivity index (χ0v) is 17.0. The molecule has 2 heterocycles. The van der Waals surface area contributed by atoms with Crippen LogP contribution in [0, 0.1) is 0 Å². The smallest absolute Gasteiger partial charge is 0.409 e. The van der Waals surface area contributed by atoms with E-state index in [2.05, 4.69) is 34.4 Å². The van der Waals surface area contributed by atoms with Gasteiger partial charge in [-0.3, -0.25) is 9.89 Å². The molecule has 7 heteroatoms. The molecule has 2 N–H and O–H groups in total. The predicted octanol–water partition coefficient (Wildman–Crippen LogP) is 2.04. The SMILES string of the molecule is CCOC(=O)N1CCC(NC(=NC)NCC(C)(C)N2CCCCC2)CC1. The highest BCUT2D eigenvalue weighted by Gasteiger charge is 2.29. The maximum atomic E-state index is 11.8. The Labute approximate surface area is 158 Å². The lowest BCUT2D eigenvalue weighted by Gasteiger charge is -2.41. The summed E-state index contributed by atoms with van der Waals surface area (Å²) in [7, 11) is 1.82. The first kappa shape index (κ1) is 20.8. The van der Waals surface area contributed by atoms with Gasteiger partial charge in [-0.15, -0.1) is 0 Å². The third-order valence-electron chi connectivity index (χ3n) is 5.49. The second-order valence-electron chi connectivity index (χ2n) is 7.89. The number of hydrogen-bond donors (Lipinski definition) is 2. The number of guanidine groups is 1. The van der Waals surface area contributed by atoms with E-state index in [1.165, 1.54) is 32.4 Å². The number of carbonyl (C=O) groups is 1. The van der Waals surface area contributed by atoms with Gasteiger partial charge in [0.15, 0.2) is 5.96 Å². The van der Waals surface area contributed by atoms with E-state index >= 15 is 0 Å². The molecule has 2 saturated heterocycles. The Morgan fingerprint density at radius 1 is 1.15 bits per heavy atom. The van der Waals surface area contributed by atoms with Crippen LogP contribution in [0.3, 0.4) is 0 Å². The van der Waals surface area contributed by atoms with Gasteiger partial charge >= 0.3 is 6.09 Å². The van der Waals surface area contributed by atoms with E-state index in [4.69, 9.17) is 4.74 Å². The number of nitrogens with zero attached hydrogens (tertiary/aromatic N) is 3. The number of likely N-dealkylation sites (tertiary alicyclic amines) is 2. The van der Waals surface area contributed by atoms with Crippen molar-refractivity contribution >= 4 is 12.1 Å². The zero-order valence-electron chi connectivity index (χ0n) is 17.0. The topological polar surface area (TPSA) is 69.2 Å². The van der Waals surface area contributed by atoms with Crippen LogP contribution >= 0.6 is 0 Å². The Morgan fingerprint density at radius 3 is 2.38 bits per heavy atom. The van der Waals surface area contributed by atoms with Crippen molar-refractivity contribution in [2.75, 3.05) is 46.4 Å². The van der Waals surface area contributed by atoms with Crippen molar-refractivity contribution < 1.29 is 9.53 Å². The van der Waals surface area contributed by atoms with E-state index in [1.54, 1.807) is 4.90 Å². The van der Waals surface area contributed by atoms with Gasteiger partial charge in [-0.2, -0.15) is 0 Å². The molecule has 26 heavy (non-hydrogen) atoms. The molecule has 7 nitrogen and oxygen atoms in total. The second kappa shape index (κ2) is 10.00. The van der Waals surface area contributed by atoms with E-state index in [0.29, 0.717) is 12.6 Å². The van der Waals surface area contributed by atoms with Crippen LogP contribution in [0.5, 0.6) is 0 Å². The largest absolute Gasteiger partial charge is 0.450 e. The molecule has 0 aromatic carbocycles. The molecule has 0 bridgehead atoms. The summed E-state index contributed by atoms with van der Waals surface area (Å²) in [6, 6.07) is 0.338. The van der Waals surface area contributed by atoms with Gasteiger partial charge in [-0.25, -0.2) is 4.79 Å². The van der Waals surface area contributed by atoms with E-state index in [-0.39, 0.29) is 11.6 Å². The molecule has 0 radical (unpaired) electrons. The minimum absolute atomic E-state index is 0.116. The molecule has 0 aromatic rings. The molecule has 0 unspecified atom stereocenters. The van der Waals surface area contributed by atoms with Crippen molar-refractivity contribution in [2.45, 2.75) is 64.5 Å². The molecule has 2 rings (SSSR count). The minimum Gasteiger partial charge on any atom is -0.450 e. The van der Waals surface area contributed by atoms with E-state index in [9.17, 15) is 4.79 Å². The van der Waals surface area contributed by atoms with Crippen LogP contribution in [0.2, 0.25) is 0 Å². The molecule has 150 valence electrons. The number of hydrogen-bond acceptors (Lipinski definition) is 4. The molecular weight excluding hydrogens is 330 g/mol. The number of piperidine rings is 2. The molecular formula is C19H37N5O2. The van der Waals surface area contributed by atoms with E-state index < -0.39 is 0 Å². The fourth-order valence-corrected chi connectivity index (χ4v) is 3.72. The number of ether oxygens (including phenoxy) is 1. The average Bonchev–Trinajstić information content (AvgIpc) is 2.66. The molecule has 2 fully saturated rings. The van der Waals surface area contributed by atoms with Gasteiger partial charge in [0.25, 0.3) is 0 Å². The van der Waals surface area contributed by atoms with Crippen molar-refractivity contribution in [2.24, 2.45) is 4.99 Å². The maximum absolute atomic E-state index is 11.8. The van der Waals surface area contributed by atoms with Crippen LogP contribution in [-0.4, -0.2) is 79.8 Å². The summed E-state index contributed by atoms with van der Waals surface area (Å²) in [5.74, 6) is 0.852. The predicted molar refractivity (Wildman–Crippen MR) is 106 cm³/mol. The number of nitrogens with one attached hydrogen (secondary N) is 2. The van der Waals surface area contributed by atoms with Crippen LogP contribution in [0.1, 0.15) is 52.9 Å². The summed E-state index contributed by atoms with van der Waals surface area (Å²) >= 11 is 0. The fraction of sp³-hybridized carbons (Fsp3) is 0.895. The Balaban J connectivity index is 1.75. The summed E-state index contributed by atoms with van der Waals surface area (Å²) < 4.78 is 5.08. The Morgan fingerprint density at radius 2 is 1.81 bits per heavy atom. The molecule has 0 atom stereocenters. The molecule has 0 aromatic heterocycles. The van der Waals surface area contributed by atoms with Gasteiger partial charge in [0.1, 0.15) is 0 Å². The monoisotopic (exact) mass is 367 g/mol. The minimum atomic E-state index is -0.197. The van der Waals surface area contributed by atoms with Crippen molar-refractivity contribution in [3.05, 3.63) is 0 Å². The van der Waals surface area contributed by atoms with Crippen LogP contribution in [0.15, 0.2) is 4.99 Å². The van der Waals surface area contributed by atoms with Crippen LogP contribution < -0.4 is 10.6 Å². The Hall–Kier alpha value is -1.50. The Kier molecular flexibility index (Phi) is 8.00. The fourth-order valence-electron chi connectivity index (χ4n) is 3.72. The zero-order chi connectivity index (χ0) is 19.0. The van der Waals surface area contributed by atoms with Crippen LogP contribution in [0.4, 0.5) is 4.79 Å². The second-order valence-corrected chi connectivity index (χ2v) is 7.89. The van der Waals surface area contributed by atoms with Crippen molar-refractivity contribution in [3.8, 4) is 0 Å². The normalized spacial score (nSPS) is 20.8. The summed E-state index contributed by atoms with van der Waals surface area (Å²) in [4.78, 5) is 20.5. The van der Waals surface area contributed by atoms with E-state index in [1.807, 2.05) is 14.0 Å².